The number of hydrogen-bond acceptors (Lipinski definition) is 3. The average Bonchev–Trinajstić information content (AvgIpc) is 2.49. The molecule has 0 bridgehead atoms. The van der Waals surface area contributed by atoms with Crippen molar-refractivity contribution in [3.63, 3.8) is 0 Å². The monoisotopic (exact) mass is 352 g/mol. The molecule has 7 heteroatoms. The Kier molecular flexibility index (Phi) is 5.23. The summed E-state index contributed by atoms with van der Waals surface area (Å²) in [6.07, 6.45) is 0. The van der Waals surface area contributed by atoms with Crippen LogP contribution in [0.15, 0.2) is 36.4 Å². The number of nitrogens with zero attached hydrogens (tertiary/aromatic N) is 2. The average molecular weight is 353 g/mol. The third-order valence-electron chi connectivity index (χ3n) is 3.39. The van der Waals surface area contributed by atoms with Crippen molar-refractivity contribution in [1.82, 2.24) is 4.90 Å². The maximum Gasteiger partial charge on any atom is 0.272 e. The van der Waals surface area contributed by atoms with E-state index in [4.69, 9.17) is 23.2 Å². The zero-order valence-corrected chi connectivity index (χ0v) is 14.1. The van der Waals surface area contributed by atoms with Crippen LogP contribution in [0.2, 0.25) is 10.0 Å². The fourth-order valence-electron chi connectivity index (χ4n) is 2.20. The van der Waals surface area contributed by atoms with Gasteiger partial charge in [0, 0.05) is 30.8 Å². The van der Waals surface area contributed by atoms with E-state index in [-0.39, 0.29) is 11.6 Å². The summed E-state index contributed by atoms with van der Waals surface area (Å²) in [6.45, 7) is 1.96. The number of carbonyl (C=O) groups is 1. The predicted octanol–water partition coefficient (Wildman–Crippen LogP) is 4.48. The Bertz CT molecular complexity index is 778. The summed E-state index contributed by atoms with van der Waals surface area (Å²) in [6, 6.07) is 9.49. The molecule has 0 fully saturated rings. The highest BCUT2D eigenvalue weighted by Crippen LogP contribution is 2.24. The largest absolute Gasteiger partial charge is 0.337 e. The van der Waals surface area contributed by atoms with Crippen LogP contribution < -0.4 is 0 Å². The molecular formula is C16H14Cl2N2O3. The Morgan fingerprint density at radius 3 is 2.43 bits per heavy atom. The molecule has 0 unspecified atom stereocenters. The quantitative estimate of drug-likeness (QED) is 0.601. The molecule has 2 aromatic carbocycles. The number of nitro groups is 1. The van der Waals surface area contributed by atoms with Gasteiger partial charge < -0.3 is 4.90 Å². The summed E-state index contributed by atoms with van der Waals surface area (Å²) < 4.78 is 0. The molecule has 0 N–H and O–H groups in total. The number of rotatable bonds is 4. The number of benzene rings is 2. The van der Waals surface area contributed by atoms with Gasteiger partial charge in [-0.05, 0) is 36.8 Å². The molecule has 0 saturated carbocycles. The second-order valence-electron chi connectivity index (χ2n) is 5.17. The molecule has 0 radical (unpaired) electrons. The Morgan fingerprint density at radius 1 is 1.17 bits per heavy atom. The van der Waals surface area contributed by atoms with Gasteiger partial charge in [0.2, 0.25) is 0 Å². The highest BCUT2D eigenvalue weighted by molar-refractivity contribution is 6.42. The lowest BCUT2D eigenvalue weighted by atomic mass is 10.1. The third kappa shape index (κ3) is 4.00. The van der Waals surface area contributed by atoms with E-state index < -0.39 is 4.92 Å². The third-order valence-corrected chi connectivity index (χ3v) is 4.13. The van der Waals surface area contributed by atoms with Gasteiger partial charge in [-0.3, -0.25) is 14.9 Å². The van der Waals surface area contributed by atoms with Crippen LogP contribution in [-0.2, 0) is 6.54 Å². The second kappa shape index (κ2) is 6.98. The maximum atomic E-state index is 12.4. The van der Waals surface area contributed by atoms with E-state index in [2.05, 4.69) is 0 Å². The fourth-order valence-corrected chi connectivity index (χ4v) is 2.52. The lowest BCUT2D eigenvalue weighted by molar-refractivity contribution is -0.385. The topological polar surface area (TPSA) is 63.5 Å². The predicted molar refractivity (Wildman–Crippen MR) is 90.1 cm³/mol. The van der Waals surface area contributed by atoms with Gasteiger partial charge in [0.25, 0.3) is 11.6 Å². The van der Waals surface area contributed by atoms with Crippen molar-refractivity contribution < 1.29 is 9.72 Å². The molecule has 0 aliphatic heterocycles. The molecule has 0 saturated heterocycles. The normalized spacial score (nSPS) is 10.4. The summed E-state index contributed by atoms with van der Waals surface area (Å²) in [5.74, 6) is -0.228. The van der Waals surface area contributed by atoms with Crippen LogP contribution in [0.5, 0.6) is 0 Å². The highest BCUT2D eigenvalue weighted by atomic mass is 35.5. The summed E-state index contributed by atoms with van der Waals surface area (Å²) in [5, 5.41) is 11.7. The number of carbonyl (C=O) groups excluding carboxylic acids is 1. The SMILES string of the molecule is Cc1cc(C(=O)N(C)Cc2ccc(Cl)c(Cl)c2)ccc1[N+](=O)[O-]. The molecule has 0 heterocycles. The number of amides is 1. The number of nitro benzene ring substituents is 1. The molecule has 2 rings (SSSR count). The Hall–Kier alpha value is -2.11. The summed E-state index contributed by atoms with van der Waals surface area (Å²) >= 11 is 11.8. The van der Waals surface area contributed by atoms with E-state index in [0.717, 1.165) is 5.56 Å². The summed E-state index contributed by atoms with van der Waals surface area (Å²) in [7, 11) is 1.65. The van der Waals surface area contributed by atoms with Crippen LogP contribution in [0.3, 0.4) is 0 Å². The van der Waals surface area contributed by atoms with Crippen molar-refractivity contribution in [3.05, 3.63) is 73.2 Å². The van der Waals surface area contributed by atoms with Crippen molar-refractivity contribution in [2.75, 3.05) is 7.05 Å². The lowest BCUT2D eigenvalue weighted by Crippen LogP contribution is -2.26. The molecule has 0 atom stereocenters. The molecule has 120 valence electrons. The molecule has 5 nitrogen and oxygen atoms in total. The minimum absolute atomic E-state index is 0.00585. The molecule has 0 aliphatic rings. The van der Waals surface area contributed by atoms with Crippen molar-refractivity contribution in [2.45, 2.75) is 13.5 Å². The summed E-state index contributed by atoms with van der Waals surface area (Å²) in [5.41, 5.74) is 1.68. The molecule has 0 spiro atoms. The molecule has 0 aromatic heterocycles. The van der Waals surface area contributed by atoms with Gasteiger partial charge in [-0.25, -0.2) is 0 Å². The van der Waals surface area contributed by atoms with Crippen LogP contribution in [0.4, 0.5) is 5.69 Å². The van der Waals surface area contributed by atoms with Crippen molar-refractivity contribution in [3.8, 4) is 0 Å². The number of hydrogen-bond donors (Lipinski definition) is 0. The van der Waals surface area contributed by atoms with Crippen molar-refractivity contribution >= 4 is 34.8 Å². The van der Waals surface area contributed by atoms with E-state index >= 15 is 0 Å². The van der Waals surface area contributed by atoms with Crippen molar-refractivity contribution in [1.29, 1.82) is 0 Å². The zero-order valence-electron chi connectivity index (χ0n) is 12.5. The van der Waals surface area contributed by atoms with Crippen LogP contribution in [-0.4, -0.2) is 22.8 Å². The lowest BCUT2D eigenvalue weighted by Gasteiger charge is -2.18. The molecule has 2 aromatic rings. The van der Waals surface area contributed by atoms with E-state index in [0.29, 0.717) is 27.7 Å². The van der Waals surface area contributed by atoms with Crippen LogP contribution in [0.1, 0.15) is 21.5 Å². The number of aryl methyl sites for hydroxylation is 1. The molecule has 23 heavy (non-hydrogen) atoms. The van der Waals surface area contributed by atoms with Crippen LogP contribution in [0.25, 0.3) is 0 Å². The van der Waals surface area contributed by atoms with Gasteiger partial charge >= 0.3 is 0 Å². The Labute approximate surface area is 143 Å². The van der Waals surface area contributed by atoms with Crippen LogP contribution in [0, 0.1) is 17.0 Å². The second-order valence-corrected chi connectivity index (χ2v) is 5.98. The standard InChI is InChI=1S/C16H14Cl2N2O3/c1-10-7-12(4-6-15(10)20(22)23)16(21)19(2)9-11-3-5-13(17)14(18)8-11/h3-8H,9H2,1-2H3. The van der Waals surface area contributed by atoms with Gasteiger partial charge in [-0.15, -0.1) is 0 Å². The molecular weight excluding hydrogens is 339 g/mol. The number of halogens is 2. The first kappa shape index (κ1) is 17.2. The van der Waals surface area contributed by atoms with E-state index in [1.807, 2.05) is 0 Å². The zero-order chi connectivity index (χ0) is 17.1. The minimum Gasteiger partial charge on any atom is -0.337 e. The highest BCUT2D eigenvalue weighted by Gasteiger charge is 2.17. The molecule has 0 aliphatic carbocycles. The first-order valence-corrected chi connectivity index (χ1v) is 7.49. The van der Waals surface area contributed by atoms with Gasteiger partial charge in [0.15, 0.2) is 0 Å². The molecule has 1 amide bonds. The van der Waals surface area contributed by atoms with E-state index in [1.54, 1.807) is 32.2 Å². The van der Waals surface area contributed by atoms with Crippen LogP contribution >= 0.6 is 23.2 Å². The first-order valence-electron chi connectivity index (χ1n) is 6.74. The Balaban J connectivity index is 2.17. The van der Waals surface area contributed by atoms with Gasteiger partial charge in [0.05, 0.1) is 15.0 Å². The van der Waals surface area contributed by atoms with E-state index in [9.17, 15) is 14.9 Å². The van der Waals surface area contributed by atoms with Gasteiger partial charge in [-0.2, -0.15) is 0 Å². The fraction of sp³-hybridized carbons (Fsp3) is 0.188. The summed E-state index contributed by atoms with van der Waals surface area (Å²) in [4.78, 5) is 24.3. The minimum atomic E-state index is -0.469. The van der Waals surface area contributed by atoms with Gasteiger partial charge in [-0.1, -0.05) is 29.3 Å². The smallest absolute Gasteiger partial charge is 0.272 e. The maximum absolute atomic E-state index is 12.4. The van der Waals surface area contributed by atoms with E-state index in [1.165, 1.54) is 23.1 Å². The van der Waals surface area contributed by atoms with Gasteiger partial charge in [0.1, 0.15) is 0 Å². The first-order chi connectivity index (χ1) is 10.8. The Morgan fingerprint density at radius 2 is 1.87 bits per heavy atom. The van der Waals surface area contributed by atoms with Crippen molar-refractivity contribution in [2.24, 2.45) is 0 Å².